The molecule has 7 nitrogen and oxygen atoms in total. The maximum atomic E-state index is 13.5. The predicted molar refractivity (Wildman–Crippen MR) is 124 cm³/mol. The second-order valence-corrected chi connectivity index (χ2v) is 10.7. The third-order valence-electron chi connectivity index (χ3n) is 7.60. The van der Waals surface area contributed by atoms with E-state index in [4.69, 9.17) is 0 Å². The lowest BCUT2D eigenvalue weighted by Crippen LogP contribution is -2.59. The van der Waals surface area contributed by atoms with Gasteiger partial charge in [-0.2, -0.15) is 0 Å². The number of piperidine rings is 1. The van der Waals surface area contributed by atoms with Gasteiger partial charge in [0.25, 0.3) is 0 Å². The molecule has 3 unspecified atom stereocenters. The molecule has 0 saturated carbocycles. The molecule has 0 aromatic heterocycles. The van der Waals surface area contributed by atoms with Crippen molar-refractivity contribution in [3.05, 3.63) is 35.4 Å². The van der Waals surface area contributed by atoms with Crippen molar-refractivity contribution in [2.75, 3.05) is 12.8 Å². The van der Waals surface area contributed by atoms with Crippen LogP contribution in [-0.4, -0.2) is 70.9 Å². The molecule has 172 valence electrons. The fourth-order valence-corrected chi connectivity index (χ4v) is 7.05. The smallest absolute Gasteiger partial charge is 0.246 e. The lowest BCUT2D eigenvalue weighted by atomic mass is 9.79. The monoisotopic (exact) mass is 456 g/mol. The number of fused-ring (bicyclic) bond motifs is 2. The molecule has 5 rings (SSSR count). The Hall–Kier alpha value is -1.90. The van der Waals surface area contributed by atoms with Crippen molar-refractivity contribution < 1.29 is 14.4 Å². The van der Waals surface area contributed by atoms with E-state index in [-0.39, 0.29) is 41.1 Å². The fourth-order valence-electron chi connectivity index (χ4n) is 5.61. The molecule has 1 aromatic rings. The highest BCUT2D eigenvalue weighted by Crippen LogP contribution is 2.42. The molecule has 3 fully saturated rings. The van der Waals surface area contributed by atoms with Gasteiger partial charge in [-0.05, 0) is 57.2 Å². The number of hydrogen-bond donors (Lipinski definition) is 3. The summed E-state index contributed by atoms with van der Waals surface area (Å²) in [6.45, 7) is 1.77. The van der Waals surface area contributed by atoms with E-state index in [0.29, 0.717) is 18.1 Å². The summed E-state index contributed by atoms with van der Waals surface area (Å²) in [5.41, 5.74) is 2.78. The molecule has 1 aromatic carbocycles. The van der Waals surface area contributed by atoms with Gasteiger partial charge in [0.1, 0.15) is 12.1 Å². The summed E-state index contributed by atoms with van der Waals surface area (Å²) in [5.74, 6) is 0.859. The van der Waals surface area contributed by atoms with Crippen LogP contribution in [-0.2, 0) is 20.8 Å². The second-order valence-electron chi connectivity index (χ2n) is 9.47. The first-order valence-electron chi connectivity index (χ1n) is 11.8. The average molecular weight is 457 g/mol. The molecule has 0 radical (unpaired) electrons. The number of thioether (sulfide) groups is 1. The van der Waals surface area contributed by atoms with Gasteiger partial charge in [-0.1, -0.05) is 24.3 Å². The summed E-state index contributed by atoms with van der Waals surface area (Å²) in [4.78, 5) is 40.8. The van der Waals surface area contributed by atoms with E-state index in [1.165, 1.54) is 11.1 Å². The fraction of sp³-hybridized carbons (Fsp3) is 0.625. The average Bonchev–Trinajstić information content (AvgIpc) is 3.49. The first kappa shape index (κ1) is 21.9. The van der Waals surface area contributed by atoms with Crippen LogP contribution in [0.25, 0.3) is 0 Å². The van der Waals surface area contributed by atoms with Gasteiger partial charge in [0.15, 0.2) is 5.78 Å². The molecule has 0 spiro atoms. The number of benzene rings is 1. The zero-order valence-corrected chi connectivity index (χ0v) is 19.5. The van der Waals surface area contributed by atoms with Gasteiger partial charge in [-0.15, -0.1) is 11.8 Å². The lowest BCUT2D eigenvalue weighted by Gasteiger charge is -2.37. The molecular formula is C24H32N4O3S. The number of carbonyl (C=O) groups excluding carboxylic acids is 3. The van der Waals surface area contributed by atoms with Crippen LogP contribution < -0.4 is 16.0 Å². The minimum atomic E-state index is -0.545. The summed E-state index contributed by atoms with van der Waals surface area (Å²) in [6, 6.07) is 7.27. The van der Waals surface area contributed by atoms with Crippen molar-refractivity contribution in [1.82, 2.24) is 20.9 Å². The SMILES string of the molecule is CN[C@@H](C)C(=O)N[C@H]1CCC2SC[C@@H](C(=O)C3NC3[C@@H]3CCCc4ccccc43)N2C1=O. The van der Waals surface area contributed by atoms with Crippen LogP contribution in [0, 0.1) is 0 Å². The quantitative estimate of drug-likeness (QED) is 0.556. The third-order valence-corrected chi connectivity index (χ3v) is 8.95. The van der Waals surface area contributed by atoms with Gasteiger partial charge in [0.2, 0.25) is 11.8 Å². The lowest BCUT2D eigenvalue weighted by molar-refractivity contribution is -0.144. The van der Waals surface area contributed by atoms with Crippen LogP contribution >= 0.6 is 11.8 Å². The summed E-state index contributed by atoms with van der Waals surface area (Å²) < 4.78 is 0. The largest absolute Gasteiger partial charge is 0.343 e. The Bertz CT molecular complexity index is 924. The molecule has 7 atom stereocenters. The van der Waals surface area contributed by atoms with Gasteiger partial charge in [0.05, 0.1) is 17.5 Å². The van der Waals surface area contributed by atoms with Crippen LogP contribution in [0.2, 0.25) is 0 Å². The zero-order chi connectivity index (χ0) is 22.4. The number of ketones is 1. The molecule has 0 bridgehead atoms. The Labute approximate surface area is 193 Å². The van der Waals surface area contributed by atoms with E-state index in [1.807, 2.05) is 0 Å². The first-order valence-corrected chi connectivity index (χ1v) is 12.8. The van der Waals surface area contributed by atoms with Crippen molar-refractivity contribution >= 4 is 29.4 Å². The summed E-state index contributed by atoms with van der Waals surface area (Å²) >= 11 is 1.70. The number of likely N-dealkylation sites (N-methyl/N-ethyl adjacent to an activating group) is 1. The normalized spacial score (nSPS) is 34.4. The number of amides is 2. The van der Waals surface area contributed by atoms with Crippen LogP contribution in [0.15, 0.2) is 24.3 Å². The standard InChI is InChI=1S/C24H32N4O3S/c1-13(25-2)23(30)26-17-10-11-19-28(24(17)31)18(12-32-19)22(29)21-20(27-21)16-9-5-7-14-6-3-4-8-15(14)16/h3-4,6,8,13,16-21,25,27H,5,7,9-12H2,1-2H3,(H,26,30)/t13-,16+,17-,18-,19?,20?,21?/m0/s1. The molecule has 3 heterocycles. The highest BCUT2D eigenvalue weighted by Gasteiger charge is 2.54. The Kier molecular flexibility index (Phi) is 6.03. The summed E-state index contributed by atoms with van der Waals surface area (Å²) in [6.07, 6.45) is 4.79. The van der Waals surface area contributed by atoms with Gasteiger partial charge in [-0.25, -0.2) is 0 Å². The number of Topliss-reactive ketones (excluding diaryl/α,β-unsaturated/α-hetero) is 1. The second kappa shape index (κ2) is 8.80. The predicted octanol–water partition coefficient (Wildman–Crippen LogP) is 1.17. The molecular weight excluding hydrogens is 424 g/mol. The van der Waals surface area contributed by atoms with Crippen LogP contribution in [0.3, 0.4) is 0 Å². The third kappa shape index (κ3) is 3.86. The zero-order valence-electron chi connectivity index (χ0n) is 18.7. The van der Waals surface area contributed by atoms with Gasteiger partial charge >= 0.3 is 0 Å². The Morgan fingerprint density at radius 1 is 1.22 bits per heavy atom. The van der Waals surface area contributed by atoms with Crippen molar-refractivity contribution in [3.63, 3.8) is 0 Å². The van der Waals surface area contributed by atoms with Crippen molar-refractivity contribution in [2.45, 2.75) is 80.5 Å². The molecule has 1 aliphatic carbocycles. The molecule has 3 aliphatic heterocycles. The Balaban J connectivity index is 1.26. The van der Waals surface area contributed by atoms with Gasteiger partial charge < -0.3 is 20.9 Å². The van der Waals surface area contributed by atoms with Crippen molar-refractivity contribution in [1.29, 1.82) is 0 Å². The molecule has 3 N–H and O–H groups in total. The number of nitrogens with zero attached hydrogens (tertiary/aromatic N) is 1. The highest BCUT2D eigenvalue weighted by molar-refractivity contribution is 8.00. The van der Waals surface area contributed by atoms with Gasteiger partial charge in [0, 0.05) is 17.7 Å². The molecule has 4 aliphatic rings. The Morgan fingerprint density at radius 2 is 2.03 bits per heavy atom. The topological polar surface area (TPSA) is 100 Å². The maximum Gasteiger partial charge on any atom is 0.246 e. The van der Waals surface area contributed by atoms with Gasteiger partial charge in [-0.3, -0.25) is 14.4 Å². The highest BCUT2D eigenvalue weighted by atomic mass is 32.2. The summed E-state index contributed by atoms with van der Waals surface area (Å²) in [5, 5.41) is 9.28. The number of hydrogen-bond acceptors (Lipinski definition) is 6. The number of aryl methyl sites for hydroxylation is 1. The first-order chi connectivity index (χ1) is 15.5. The minimum Gasteiger partial charge on any atom is -0.343 e. The summed E-state index contributed by atoms with van der Waals surface area (Å²) in [7, 11) is 1.72. The number of rotatable bonds is 6. The van der Waals surface area contributed by atoms with Crippen LogP contribution in [0.4, 0.5) is 0 Å². The van der Waals surface area contributed by atoms with Crippen molar-refractivity contribution in [3.8, 4) is 0 Å². The number of carbonyl (C=O) groups is 3. The van der Waals surface area contributed by atoms with Crippen molar-refractivity contribution in [2.24, 2.45) is 0 Å². The molecule has 8 heteroatoms. The van der Waals surface area contributed by atoms with E-state index < -0.39 is 12.1 Å². The van der Waals surface area contributed by atoms with Crippen LogP contribution in [0.5, 0.6) is 0 Å². The maximum absolute atomic E-state index is 13.5. The van der Waals surface area contributed by atoms with E-state index in [9.17, 15) is 14.4 Å². The van der Waals surface area contributed by atoms with E-state index in [1.54, 1.807) is 30.6 Å². The molecule has 32 heavy (non-hydrogen) atoms. The van der Waals surface area contributed by atoms with E-state index in [0.717, 1.165) is 25.7 Å². The minimum absolute atomic E-state index is 0.0407. The molecule has 2 amide bonds. The van der Waals surface area contributed by atoms with Crippen LogP contribution in [0.1, 0.15) is 49.7 Å². The Morgan fingerprint density at radius 3 is 2.84 bits per heavy atom. The van der Waals surface area contributed by atoms with E-state index in [2.05, 4.69) is 40.2 Å². The molecule has 3 saturated heterocycles. The van der Waals surface area contributed by atoms with E-state index >= 15 is 0 Å². The number of nitrogens with one attached hydrogen (secondary N) is 3.